The summed E-state index contributed by atoms with van der Waals surface area (Å²) < 4.78 is 24.4. The number of amides is 1. The second kappa shape index (κ2) is 4.75. The summed E-state index contributed by atoms with van der Waals surface area (Å²) in [7, 11) is 1.19. The molecule has 90 valence electrons. The van der Waals surface area contributed by atoms with Gasteiger partial charge in [0.05, 0.1) is 13.5 Å². The van der Waals surface area contributed by atoms with Gasteiger partial charge in [0.25, 0.3) is 0 Å². The van der Waals surface area contributed by atoms with E-state index < -0.39 is 22.4 Å². The van der Waals surface area contributed by atoms with Crippen molar-refractivity contribution in [3.8, 4) is 0 Å². The van der Waals surface area contributed by atoms with E-state index in [2.05, 4.69) is 4.74 Å². The topological polar surface area (TPSA) is 83.9 Å². The number of carbonyl (C=O) groups is 2. The molecule has 0 spiro atoms. The van der Waals surface area contributed by atoms with Crippen LogP contribution >= 0.6 is 0 Å². The van der Waals surface area contributed by atoms with Crippen molar-refractivity contribution in [2.75, 3.05) is 7.11 Å². The predicted molar refractivity (Wildman–Crippen MR) is 56.4 cm³/mol. The number of methoxy groups -OCH3 is 1. The molecule has 1 aliphatic heterocycles. The Morgan fingerprint density at radius 2 is 2.12 bits per heavy atom. The molecule has 7 heteroatoms. The van der Waals surface area contributed by atoms with Gasteiger partial charge in [-0.2, -0.15) is 0 Å². The van der Waals surface area contributed by atoms with Crippen LogP contribution < -0.4 is 0 Å². The number of β-lactam (4-membered cyclic amide) rings is 1. The van der Waals surface area contributed by atoms with Crippen molar-refractivity contribution in [2.45, 2.75) is 25.6 Å². The largest absolute Gasteiger partial charge is 0.464 e. The Morgan fingerprint density at radius 3 is 2.44 bits per heavy atom. The summed E-state index contributed by atoms with van der Waals surface area (Å²) in [6, 6.07) is 0. The molecule has 6 nitrogen and oxygen atoms in total. The number of carbonyl (C=O) groups excluding carboxylic acids is 2. The second-order valence-corrected chi connectivity index (χ2v) is 4.64. The molecule has 1 amide bonds. The Bertz CT molecular complexity index is 385. The molecule has 0 aromatic carbocycles. The maximum Gasteiger partial charge on any atom is 0.354 e. The van der Waals surface area contributed by atoms with Crippen LogP contribution in [-0.2, 0) is 25.4 Å². The first-order chi connectivity index (χ1) is 7.40. The zero-order valence-corrected chi connectivity index (χ0v) is 10.0. The number of esters is 1. The van der Waals surface area contributed by atoms with Gasteiger partial charge in [-0.1, -0.05) is 0 Å². The number of rotatable bonds is 3. The first-order valence-electron chi connectivity index (χ1n) is 4.57. The van der Waals surface area contributed by atoms with E-state index in [4.69, 9.17) is 4.55 Å². The van der Waals surface area contributed by atoms with Gasteiger partial charge >= 0.3 is 5.97 Å². The van der Waals surface area contributed by atoms with Crippen LogP contribution in [0.25, 0.3) is 0 Å². The highest BCUT2D eigenvalue weighted by Crippen LogP contribution is 2.28. The van der Waals surface area contributed by atoms with Crippen molar-refractivity contribution in [3.63, 3.8) is 0 Å². The zero-order chi connectivity index (χ0) is 12.5. The van der Waals surface area contributed by atoms with Crippen LogP contribution in [-0.4, -0.2) is 38.0 Å². The minimum Gasteiger partial charge on any atom is -0.464 e. The Hall–Kier alpha value is -1.21. The van der Waals surface area contributed by atoms with Crippen molar-refractivity contribution < 1.29 is 23.1 Å². The predicted octanol–water partition coefficient (Wildman–Crippen LogP) is 0.233. The van der Waals surface area contributed by atoms with E-state index >= 15 is 0 Å². The third-order valence-corrected chi connectivity index (χ3v) is 3.07. The van der Waals surface area contributed by atoms with Crippen LogP contribution in [0.1, 0.15) is 20.3 Å². The lowest BCUT2D eigenvalue weighted by molar-refractivity contribution is -0.147. The molecule has 1 N–H and O–H groups in total. The summed E-state index contributed by atoms with van der Waals surface area (Å²) >= 11 is -2.17. The van der Waals surface area contributed by atoms with Gasteiger partial charge in [-0.15, -0.1) is 0 Å². The minimum atomic E-state index is -2.17. The average Bonchev–Trinajstić information content (AvgIpc) is 2.20. The van der Waals surface area contributed by atoms with Crippen molar-refractivity contribution in [1.29, 1.82) is 0 Å². The van der Waals surface area contributed by atoms with E-state index in [0.717, 1.165) is 4.90 Å². The SMILES string of the molecule is COC(=O)C(=C(C)C)N1C(=O)C[C@H]1S(=O)O. The van der Waals surface area contributed by atoms with Gasteiger partial charge in [0.15, 0.2) is 11.1 Å². The lowest BCUT2D eigenvalue weighted by atomic mass is 10.1. The van der Waals surface area contributed by atoms with Crippen molar-refractivity contribution >= 4 is 23.0 Å². The normalized spacial score (nSPS) is 21.1. The molecule has 0 aromatic heterocycles. The molecule has 0 aliphatic carbocycles. The molecular weight excluding hydrogens is 234 g/mol. The van der Waals surface area contributed by atoms with Crippen molar-refractivity contribution in [2.24, 2.45) is 0 Å². The molecule has 0 saturated carbocycles. The summed E-state index contributed by atoms with van der Waals surface area (Å²) in [5.41, 5.74) is 0.613. The van der Waals surface area contributed by atoms with Gasteiger partial charge in [-0.25, -0.2) is 9.00 Å². The maximum absolute atomic E-state index is 11.4. The molecule has 2 atom stereocenters. The van der Waals surface area contributed by atoms with Gasteiger partial charge < -0.3 is 9.29 Å². The summed E-state index contributed by atoms with van der Waals surface area (Å²) in [5, 5.41) is -0.850. The fraction of sp³-hybridized carbons (Fsp3) is 0.556. The van der Waals surface area contributed by atoms with Crippen molar-refractivity contribution in [3.05, 3.63) is 11.3 Å². The summed E-state index contributed by atoms with van der Waals surface area (Å²) in [4.78, 5) is 23.8. The fourth-order valence-electron chi connectivity index (χ4n) is 1.46. The highest BCUT2D eigenvalue weighted by molar-refractivity contribution is 7.80. The number of likely N-dealkylation sites (tertiary alicyclic amines) is 1. The highest BCUT2D eigenvalue weighted by Gasteiger charge is 2.45. The van der Waals surface area contributed by atoms with Gasteiger partial charge in [0.2, 0.25) is 5.91 Å². The van der Waals surface area contributed by atoms with E-state index in [-0.39, 0.29) is 18.0 Å². The first-order valence-corrected chi connectivity index (χ1v) is 5.74. The van der Waals surface area contributed by atoms with E-state index in [1.54, 1.807) is 13.8 Å². The number of hydrogen-bond acceptors (Lipinski definition) is 4. The monoisotopic (exact) mass is 247 g/mol. The molecular formula is C9H13NO5S. The molecule has 1 heterocycles. The van der Waals surface area contributed by atoms with Crippen LogP contribution in [0.2, 0.25) is 0 Å². The summed E-state index contributed by atoms with van der Waals surface area (Å²) in [5.74, 6) is -1.03. The van der Waals surface area contributed by atoms with Crippen LogP contribution in [0.5, 0.6) is 0 Å². The smallest absolute Gasteiger partial charge is 0.354 e. The van der Waals surface area contributed by atoms with Gasteiger partial charge in [-0.05, 0) is 19.4 Å². The zero-order valence-electron chi connectivity index (χ0n) is 9.22. The summed E-state index contributed by atoms with van der Waals surface area (Å²) in [6.45, 7) is 3.27. The molecule has 1 rings (SSSR count). The number of hydrogen-bond donors (Lipinski definition) is 1. The number of allylic oxidation sites excluding steroid dienone is 1. The fourth-order valence-corrected chi connectivity index (χ4v) is 2.15. The average molecular weight is 247 g/mol. The van der Waals surface area contributed by atoms with E-state index in [0.29, 0.717) is 5.57 Å². The maximum atomic E-state index is 11.4. The minimum absolute atomic E-state index is 0.0309. The molecule has 1 aliphatic rings. The quantitative estimate of drug-likeness (QED) is 0.334. The molecule has 1 unspecified atom stereocenters. The molecule has 1 fully saturated rings. The lowest BCUT2D eigenvalue weighted by Crippen LogP contribution is -2.55. The molecule has 0 bridgehead atoms. The van der Waals surface area contributed by atoms with Crippen molar-refractivity contribution in [1.82, 2.24) is 4.90 Å². The second-order valence-electron chi connectivity index (χ2n) is 3.54. The Labute approximate surface area is 95.5 Å². The van der Waals surface area contributed by atoms with E-state index in [1.165, 1.54) is 7.11 Å². The Morgan fingerprint density at radius 1 is 1.56 bits per heavy atom. The molecule has 0 aromatic rings. The highest BCUT2D eigenvalue weighted by atomic mass is 32.2. The van der Waals surface area contributed by atoms with Crippen LogP contribution in [0.3, 0.4) is 0 Å². The van der Waals surface area contributed by atoms with Gasteiger partial charge in [0, 0.05) is 0 Å². The number of nitrogens with zero attached hydrogens (tertiary/aromatic N) is 1. The Balaban J connectivity index is 3.05. The first kappa shape index (κ1) is 12.9. The van der Waals surface area contributed by atoms with E-state index in [9.17, 15) is 13.8 Å². The summed E-state index contributed by atoms with van der Waals surface area (Å²) in [6.07, 6.45) is -0.0309. The van der Waals surface area contributed by atoms with Gasteiger partial charge in [-0.3, -0.25) is 9.69 Å². The van der Waals surface area contributed by atoms with Gasteiger partial charge in [0.1, 0.15) is 11.1 Å². The lowest BCUT2D eigenvalue weighted by Gasteiger charge is -2.38. The molecule has 1 saturated heterocycles. The molecule has 0 radical (unpaired) electrons. The number of ether oxygens (including phenoxy) is 1. The standard InChI is InChI=1S/C9H13NO5S/c1-5(2)8(9(12)15-3)10-6(11)4-7(10)16(13)14/h7H,4H2,1-3H3,(H,13,14)/t7-/m1/s1. The third-order valence-electron chi connectivity index (χ3n) is 2.23. The van der Waals surface area contributed by atoms with E-state index in [1.807, 2.05) is 0 Å². The third kappa shape index (κ3) is 2.14. The Kier molecular flexibility index (Phi) is 3.82. The van der Waals surface area contributed by atoms with Crippen LogP contribution in [0.15, 0.2) is 11.3 Å². The van der Waals surface area contributed by atoms with Crippen LogP contribution in [0.4, 0.5) is 0 Å². The molecule has 16 heavy (non-hydrogen) atoms. The van der Waals surface area contributed by atoms with Crippen LogP contribution in [0, 0.1) is 0 Å².